The number of phenolic OH excluding ortho intramolecular Hbond substituents is 2. The Morgan fingerprint density at radius 3 is 1.80 bits per heavy atom. The normalized spacial score (nSPS) is 13.6. The molecule has 5 heteroatoms. The summed E-state index contributed by atoms with van der Waals surface area (Å²) in [6.07, 6.45) is 9.09. The Labute approximate surface area is 192 Å². The predicted octanol–water partition coefficient (Wildman–Crippen LogP) is 6.21. The molecule has 1 aliphatic carbocycles. The van der Waals surface area contributed by atoms with Crippen LogP contribution in [-0.2, 0) is 16.8 Å². The first-order chi connectivity index (χ1) is 13.3. The number of nitrogens with zero attached hydrogens (tertiary/aromatic N) is 2. The van der Waals surface area contributed by atoms with E-state index >= 15 is 0 Å². The standard InChI is InChI=1S/C15H21NO.C9H10NO.CH3.Co/c1-11-8-12(2)15(17)13(9-11)10-16-14-6-4-3-5-7-14;1-6-3-7(2)9(11)8(4-6)5-10;;/h8-10,14,17H,3-7H2,1-2H3;3-5,11H,1-2H3;1H3;/q;2*-1;+2. The summed E-state index contributed by atoms with van der Waals surface area (Å²) in [4.78, 5) is 4.61. The van der Waals surface area contributed by atoms with Crippen molar-refractivity contribution >= 4 is 12.4 Å². The molecule has 1 fully saturated rings. The number of rotatable bonds is 3. The number of aliphatic imine (C=N–C) groups is 1. The third-order valence-corrected chi connectivity index (χ3v) is 5.09. The molecule has 0 atom stereocenters. The zero-order chi connectivity index (χ0) is 20.7. The minimum absolute atomic E-state index is 0. The Kier molecular flexibility index (Phi) is 12.3. The molecule has 2 N–H and O–H groups in total. The van der Waals surface area contributed by atoms with Crippen LogP contribution in [0.25, 0.3) is 5.41 Å². The van der Waals surface area contributed by atoms with Crippen molar-refractivity contribution in [3.8, 4) is 11.5 Å². The van der Waals surface area contributed by atoms with Gasteiger partial charge in [0.2, 0.25) is 0 Å². The van der Waals surface area contributed by atoms with E-state index in [4.69, 9.17) is 5.41 Å². The van der Waals surface area contributed by atoms with E-state index in [-0.39, 0.29) is 30.0 Å². The summed E-state index contributed by atoms with van der Waals surface area (Å²) in [6, 6.07) is 8.04. The monoisotopic (exact) mass is 453 g/mol. The smallest absolute Gasteiger partial charge is 0.810 e. The molecule has 0 heterocycles. The molecule has 1 aliphatic rings. The van der Waals surface area contributed by atoms with E-state index in [1.807, 2.05) is 45.2 Å². The van der Waals surface area contributed by atoms with Crippen molar-refractivity contribution in [1.82, 2.24) is 0 Å². The van der Waals surface area contributed by atoms with E-state index in [0.717, 1.165) is 28.5 Å². The molecule has 0 spiro atoms. The molecule has 0 amide bonds. The van der Waals surface area contributed by atoms with Crippen molar-refractivity contribution in [2.75, 3.05) is 0 Å². The fourth-order valence-corrected chi connectivity index (χ4v) is 3.60. The summed E-state index contributed by atoms with van der Waals surface area (Å²) in [5.74, 6) is 0.522. The Morgan fingerprint density at radius 1 is 0.833 bits per heavy atom. The van der Waals surface area contributed by atoms with Crippen LogP contribution >= 0.6 is 0 Å². The van der Waals surface area contributed by atoms with Crippen molar-refractivity contribution in [2.24, 2.45) is 4.99 Å². The number of benzene rings is 2. The summed E-state index contributed by atoms with van der Waals surface area (Å²) in [6.45, 7) is 7.69. The molecule has 2 aromatic rings. The molecule has 3 rings (SSSR count). The number of aryl methyl sites for hydroxylation is 4. The maximum Gasteiger partial charge on any atom is 2.00 e. The van der Waals surface area contributed by atoms with Crippen molar-refractivity contribution < 1.29 is 27.0 Å². The number of hydrogen-bond acceptors (Lipinski definition) is 3. The third kappa shape index (κ3) is 7.96. The van der Waals surface area contributed by atoms with Crippen LogP contribution in [0, 0.1) is 35.1 Å². The minimum Gasteiger partial charge on any atom is -0.810 e. The van der Waals surface area contributed by atoms with Gasteiger partial charge in [0.1, 0.15) is 11.5 Å². The van der Waals surface area contributed by atoms with Gasteiger partial charge in [-0.1, -0.05) is 43.0 Å². The van der Waals surface area contributed by atoms with E-state index in [1.165, 1.54) is 37.7 Å². The van der Waals surface area contributed by atoms with Crippen molar-refractivity contribution in [2.45, 2.75) is 65.8 Å². The minimum atomic E-state index is 0. The van der Waals surface area contributed by atoms with Gasteiger partial charge < -0.3 is 23.0 Å². The van der Waals surface area contributed by atoms with Crippen LogP contribution in [0.4, 0.5) is 0 Å². The fourth-order valence-electron chi connectivity index (χ4n) is 3.60. The maximum absolute atomic E-state index is 9.96. The van der Waals surface area contributed by atoms with Gasteiger partial charge in [0.15, 0.2) is 0 Å². The zero-order valence-corrected chi connectivity index (χ0v) is 19.7. The SMILES string of the molecule is Cc1cc(C)c(O)c(C=NC2CCCCC2)c1.Cc1cc(C)c(O)c(C=[N-])c1.[CH3-].[Co+2]. The molecule has 0 unspecified atom stereocenters. The summed E-state index contributed by atoms with van der Waals surface area (Å²) < 4.78 is 0. The van der Waals surface area contributed by atoms with Crippen LogP contribution in [0.15, 0.2) is 29.3 Å². The summed E-state index contributed by atoms with van der Waals surface area (Å²) in [5.41, 5.74) is 5.24. The van der Waals surface area contributed by atoms with Gasteiger partial charge in [0.25, 0.3) is 0 Å². The van der Waals surface area contributed by atoms with Crippen LogP contribution in [0.1, 0.15) is 65.5 Å². The second-order valence-electron chi connectivity index (χ2n) is 7.74. The number of aromatic hydroxyl groups is 2. The molecular formula is C25H34CoN2O2. The number of phenols is 2. The molecule has 0 aliphatic heterocycles. The number of hydrogen-bond donors (Lipinski definition) is 2. The molecule has 0 aromatic heterocycles. The van der Waals surface area contributed by atoms with Gasteiger partial charge in [-0.15, -0.1) is 0 Å². The Hall–Kier alpha value is -2.11. The topological polar surface area (TPSA) is 75.1 Å². The van der Waals surface area contributed by atoms with Crippen molar-refractivity contribution in [1.29, 1.82) is 0 Å². The summed E-state index contributed by atoms with van der Waals surface area (Å²) in [7, 11) is 0. The molecule has 4 nitrogen and oxygen atoms in total. The van der Waals surface area contributed by atoms with Gasteiger partial charge in [0.05, 0.1) is 0 Å². The summed E-state index contributed by atoms with van der Waals surface area (Å²) >= 11 is 0. The Balaban J connectivity index is 0.000000569. The van der Waals surface area contributed by atoms with E-state index in [9.17, 15) is 10.2 Å². The van der Waals surface area contributed by atoms with Gasteiger partial charge in [-0.3, -0.25) is 4.99 Å². The molecule has 1 saturated carbocycles. The van der Waals surface area contributed by atoms with Crippen LogP contribution < -0.4 is 0 Å². The maximum atomic E-state index is 9.96. The van der Waals surface area contributed by atoms with Crippen LogP contribution in [0.3, 0.4) is 0 Å². The third-order valence-electron chi connectivity index (χ3n) is 5.09. The molecule has 2 aromatic carbocycles. The van der Waals surface area contributed by atoms with Crippen LogP contribution in [-0.4, -0.2) is 28.7 Å². The van der Waals surface area contributed by atoms with Gasteiger partial charge >= 0.3 is 16.8 Å². The van der Waals surface area contributed by atoms with Crippen LogP contribution in [0.5, 0.6) is 11.5 Å². The predicted molar refractivity (Wildman–Crippen MR) is 125 cm³/mol. The molecule has 30 heavy (non-hydrogen) atoms. The van der Waals surface area contributed by atoms with Crippen molar-refractivity contribution in [3.05, 3.63) is 70.5 Å². The molecular weight excluding hydrogens is 419 g/mol. The second kappa shape index (κ2) is 13.2. The summed E-state index contributed by atoms with van der Waals surface area (Å²) in [5, 5.41) is 28.0. The Bertz CT molecular complexity index is 857. The fraction of sp³-hybridized carbons (Fsp3) is 0.400. The van der Waals surface area contributed by atoms with Crippen molar-refractivity contribution in [3.63, 3.8) is 0 Å². The second-order valence-corrected chi connectivity index (χ2v) is 7.74. The largest absolute Gasteiger partial charge is 2.00 e. The van der Waals surface area contributed by atoms with E-state index in [0.29, 0.717) is 17.4 Å². The zero-order valence-electron chi connectivity index (χ0n) is 18.7. The van der Waals surface area contributed by atoms with Gasteiger partial charge in [0, 0.05) is 17.8 Å². The first-order valence-electron chi connectivity index (χ1n) is 9.93. The average molecular weight is 453 g/mol. The Morgan fingerprint density at radius 2 is 1.30 bits per heavy atom. The van der Waals surface area contributed by atoms with Gasteiger partial charge in [-0.2, -0.15) is 6.21 Å². The van der Waals surface area contributed by atoms with Gasteiger partial charge in [-0.25, -0.2) is 0 Å². The molecule has 0 bridgehead atoms. The van der Waals surface area contributed by atoms with Crippen LogP contribution in [0.2, 0.25) is 0 Å². The van der Waals surface area contributed by atoms with E-state index in [2.05, 4.69) is 4.99 Å². The first kappa shape index (κ1) is 27.9. The van der Waals surface area contributed by atoms with Gasteiger partial charge in [-0.05, 0) is 68.9 Å². The van der Waals surface area contributed by atoms with E-state index in [1.54, 1.807) is 13.0 Å². The first-order valence-corrected chi connectivity index (χ1v) is 9.93. The quantitative estimate of drug-likeness (QED) is 0.429. The molecule has 1 radical (unpaired) electrons. The molecule has 0 saturated heterocycles. The average Bonchev–Trinajstić information content (AvgIpc) is 2.67. The van der Waals surface area contributed by atoms with E-state index < -0.39 is 0 Å². The molecule has 165 valence electrons.